The van der Waals surface area contributed by atoms with Gasteiger partial charge in [0.25, 0.3) is 0 Å². The number of methoxy groups -OCH3 is 1. The summed E-state index contributed by atoms with van der Waals surface area (Å²) in [7, 11) is 1.53. The molecule has 264 valence electrons. The Balaban J connectivity index is 1.56. The summed E-state index contributed by atoms with van der Waals surface area (Å²) in [6, 6.07) is 9.31. The van der Waals surface area contributed by atoms with Crippen LogP contribution in [0.5, 0.6) is 0 Å². The van der Waals surface area contributed by atoms with Gasteiger partial charge in [0.2, 0.25) is 0 Å². The van der Waals surface area contributed by atoms with E-state index in [1.807, 2.05) is 0 Å². The van der Waals surface area contributed by atoms with Gasteiger partial charge < -0.3 is 56.7 Å². The number of nitrogens with two attached hydrogens (primary N) is 2. The van der Waals surface area contributed by atoms with Gasteiger partial charge in [0.05, 0.1) is 30.5 Å². The van der Waals surface area contributed by atoms with Gasteiger partial charge in [-0.25, -0.2) is 14.3 Å². The third-order valence-electron chi connectivity index (χ3n) is 8.51. The minimum atomic E-state index is -1.55. The van der Waals surface area contributed by atoms with Crippen molar-refractivity contribution in [2.75, 3.05) is 26.8 Å². The number of rotatable bonds is 15. The summed E-state index contributed by atoms with van der Waals surface area (Å²) in [5, 5.41) is 56.3. The molecule has 2 aromatic carbocycles. The van der Waals surface area contributed by atoms with E-state index in [0.717, 1.165) is 0 Å². The van der Waals surface area contributed by atoms with Crippen molar-refractivity contribution >= 4 is 11.4 Å². The van der Waals surface area contributed by atoms with E-state index in [-0.39, 0.29) is 29.3 Å². The predicted molar refractivity (Wildman–Crippen MR) is 171 cm³/mol. The SMILES string of the molecule is COC(NCCN)C1CC(N/C=C(\N)c2cccc(F)c2)C(O)[C@H](O[C@@H]2OC(CO)[C@H](O)C(N/C=C(\N=N)c3cccc(F)c3)C2O)C1. The average Bonchev–Trinajstić information content (AvgIpc) is 3.08. The molecule has 0 amide bonds. The molecule has 0 radical (unpaired) electrons. The Morgan fingerprint density at radius 2 is 1.73 bits per heavy atom. The summed E-state index contributed by atoms with van der Waals surface area (Å²) < 4.78 is 45.2. The number of aliphatic hydroxyl groups excluding tert-OH is 4. The second-order valence-corrected chi connectivity index (χ2v) is 11.7. The van der Waals surface area contributed by atoms with Crippen molar-refractivity contribution in [3.63, 3.8) is 0 Å². The van der Waals surface area contributed by atoms with E-state index in [4.69, 9.17) is 31.2 Å². The molecule has 1 saturated carbocycles. The molecule has 14 nitrogen and oxygen atoms in total. The largest absolute Gasteiger partial charge is 0.397 e. The number of aliphatic hydroxyl groups is 4. The highest BCUT2D eigenvalue weighted by Gasteiger charge is 2.48. The molecule has 1 aliphatic heterocycles. The highest BCUT2D eigenvalue weighted by atomic mass is 19.1. The summed E-state index contributed by atoms with van der Waals surface area (Å²) in [5.74, 6) is -1.25. The number of benzene rings is 2. The first-order valence-electron chi connectivity index (χ1n) is 15.6. The fourth-order valence-electron chi connectivity index (χ4n) is 6.00. The van der Waals surface area contributed by atoms with Crippen LogP contribution in [0.15, 0.2) is 66.0 Å². The topological polar surface area (TPSA) is 233 Å². The van der Waals surface area contributed by atoms with Gasteiger partial charge >= 0.3 is 0 Å². The van der Waals surface area contributed by atoms with Gasteiger partial charge in [-0.1, -0.05) is 24.3 Å². The van der Waals surface area contributed by atoms with Crippen molar-refractivity contribution in [3.8, 4) is 0 Å². The fourth-order valence-corrected chi connectivity index (χ4v) is 6.00. The standard InChI is InChI=1S/C32H45F2N7O7/c1-46-31(38-9-8-35)19-12-23(39-14-22(36)17-4-2-6-20(33)10-17)28(43)25(13-19)47-32-30(45)27(29(44)26(16-42)48-32)40-15-24(41-37)18-5-3-7-21(34)11-18/h2-7,10-11,14-15,19,23,25-32,37-40,42-45H,8-9,12-13,16,35-36H2,1H3/b22-14-,24-15-,41-37?/t19?,23?,25-,26?,27?,28?,29+,30?,31?,32-/m1/s1. The molecule has 2 aliphatic rings. The number of ether oxygens (including phenoxy) is 3. The van der Waals surface area contributed by atoms with Crippen LogP contribution in [0.3, 0.4) is 0 Å². The van der Waals surface area contributed by atoms with E-state index in [1.165, 1.54) is 62.0 Å². The Bertz CT molecular complexity index is 1410. The molecule has 12 N–H and O–H groups in total. The van der Waals surface area contributed by atoms with Crippen molar-refractivity contribution in [2.24, 2.45) is 22.5 Å². The van der Waals surface area contributed by atoms with Crippen molar-refractivity contribution in [1.82, 2.24) is 16.0 Å². The number of hydrogen-bond donors (Lipinski definition) is 10. The van der Waals surface area contributed by atoms with Crippen LogP contribution in [0.25, 0.3) is 11.4 Å². The third kappa shape index (κ3) is 9.31. The molecule has 2 fully saturated rings. The maximum atomic E-state index is 13.8. The van der Waals surface area contributed by atoms with E-state index in [9.17, 15) is 29.2 Å². The molecular formula is C32H45F2N7O7. The number of hydrogen-bond acceptors (Lipinski definition) is 14. The highest BCUT2D eigenvalue weighted by Crippen LogP contribution is 2.33. The van der Waals surface area contributed by atoms with Crippen LogP contribution in [-0.4, -0.2) is 102 Å². The smallest absolute Gasteiger partial charge is 0.186 e. The minimum absolute atomic E-state index is 0.0130. The molecule has 4 rings (SSSR count). The van der Waals surface area contributed by atoms with Gasteiger partial charge in [-0.2, -0.15) is 5.11 Å². The summed E-state index contributed by atoms with van der Waals surface area (Å²) in [5.41, 5.74) is 20.4. The zero-order valence-corrected chi connectivity index (χ0v) is 26.5. The van der Waals surface area contributed by atoms with Crippen molar-refractivity contribution in [2.45, 2.75) is 68.0 Å². The lowest BCUT2D eigenvalue weighted by Crippen LogP contribution is -2.65. The van der Waals surface area contributed by atoms with Crippen molar-refractivity contribution in [3.05, 3.63) is 83.7 Å². The number of nitrogens with one attached hydrogen (secondary N) is 4. The van der Waals surface area contributed by atoms with Crippen LogP contribution < -0.4 is 27.4 Å². The van der Waals surface area contributed by atoms with Crippen molar-refractivity contribution in [1.29, 1.82) is 5.53 Å². The molecule has 1 heterocycles. The summed E-state index contributed by atoms with van der Waals surface area (Å²) in [6.45, 7) is 0.180. The molecule has 10 atom stereocenters. The van der Waals surface area contributed by atoms with Crippen LogP contribution in [0.4, 0.5) is 8.78 Å². The lowest BCUT2D eigenvalue weighted by atomic mass is 9.80. The van der Waals surface area contributed by atoms with Gasteiger partial charge in [0.1, 0.15) is 48.0 Å². The molecule has 0 aromatic heterocycles. The first-order chi connectivity index (χ1) is 23.1. The van der Waals surface area contributed by atoms with Gasteiger partial charge in [-0.15, -0.1) is 0 Å². The third-order valence-corrected chi connectivity index (χ3v) is 8.51. The first-order valence-corrected chi connectivity index (χ1v) is 15.6. The Kier molecular flexibility index (Phi) is 13.7. The summed E-state index contributed by atoms with van der Waals surface area (Å²) >= 11 is 0. The summed E-state index contributed by atoms with van der Waals surface area (Å²) in [6.07, 6.45) is -4.89. The van der Waals surface area contributed by atoms with Gasteiger partial charge in [-0.3, -0.25) is 5.32 Å². The maximum Gasteiger partial charge on any atom is 0.186 e. The van der Waals surface area contributed by atoms with Gasteiger partial charge in [0.15, 0.2) is 6.29 Å². The van der Waals surface area contributed by atoms with Crippen LogP contribution in [-0.2, 0) is 14.2 Å². The zero-order valence-electron chi connectivity index (χ0n) is 26.5. The predicted octanol–water partition coefficient (Wildman–Crippen LogP) is 0.284. The second kappa shape index (κ2) is 17.7. The molecule has 1 aliphatic carbocycles. The first kappa shape index (κ1) is 37.2. The lowest BCUT2D eigenvalue weighted by molar-refractivity contribution is -0.303. The van der Waals surface area contributed by atoms with Gasteiger partial charge in [0, 0.05) is 49.6 Å². The molecule has 2 aromatic rings. The Labute approximate surface area is 277 Å². The summed E-state index contributed by atoms with van der Waals surface area (Å²) in [4.78, 5) is 0. The zero-order chi connectivity index (χ0) is 34.8. The van der Waals surface area contributed by atoms with Crippen LogP contribution in [0.1, 0.15) is 24.0 Å². The van der Waals surface area contributed by atoms with E-state index in [1.54, 1.807) is 6.07 Å². The van der Waals surface area contributed by atoms with Crippen LogP contribution in [0.2, 0.25) is 0 Å². The molecule has 48 heavy (non-hydrogen) atoms. The quantitative estimate of drug-likeness (QED) is 0.0905. The Morgan fingerprint density at radius 1 is 1.04 bits per heavy atom. The van der Waals surface area contributed by atoms with Crippen LogP contribution in [0, 0.1) is 23.1 Å². The van der Waals surface area contributed by atoms with E-state index < -0.39 is 73.4 Å². The Hall–Kier alpha value is -3.58. The average molecular weight is 678 g/mol. The maximum absolute atomic E-state index is 13.8. The van der Waals surface area contributed by atoms with Crippen LogP contribution >= 0.6 is 0 Å². The minimum Gasteiger partial charge on any atom is -0.397 e. The van der Waals surface area contributed by atoms with Gasteiger partial charge in [-0.05, 0) is 37.1 Å². The molecule has 0 bridgehead atoms. The molecule has 0 spiro atoms. The van der Waals surface area contributed by atoms with E-state index >= 15 is 0 Å². The molecule has 1 saturated heterocycles. The van der Waals surface area contributed by atoms with Crippen molar-refractivity contribution < 1.29 is 43.4 Å². The highest BCUT2D eigenvalue weighted by molar-refractivity contribution is 5.63. The molecular weight excluding hydrogens is 632 g/mol. The van der Waals surface area contributed by atoms with E-state index in [2.05, 4.69) is 21.1 Å². The lowest BCUT2D eigenvalue weighted by Gasteiger charge is -2.46. The normalized spacial score (nSPS) is 30.5. The monoisotopic (exact) mass is 677 g/mol. The molecule has 7 unspecified atom stereocenters. The Morgan fingerprint density at radius 3 is 2.35 bits per heavy atom. The molecule has 16 heteroatoms. The number of halogens is 2. The number of nitrogens with zero attached hydrogens (tertiary/aromatic N) is 1. The second-order valence-electron chi connectivity index (χ2n) is 11.7. The fraction of sp³-hybridized carbons (Fsp3) is 0.500. The van der Waals surface area contributed by atoms with E-state index in [0.29, 0.717) is 25.1 Å².